The molecule has 0 unspecified atom stereocenters. The Morgan fingerprint density at radius 3 is 2.73 bits per heavy atom. The fourth-order valence-electron chi connectivity index (χ4n) is 3.84. The first-order valence-electron chi connectivity index (χ1n) is 9.53. The molecule has 0 saturated carbocycles. The molecule has 2 aromatic heterocycles. The summed E-state index contributed by atoms with van der Waals surface area (Å²) in [6, 6.07) is 11.0. The number of hydrogen-bond acceptors (Lipinski definition) is 8. The highest BCUT2D eigenvalue weighted by Gasteiger charge is 2.46. The van der Waals surface area contributed by atoms with Crippen LogP contribution in [0.5, 0.6) is 5.75 Å². The van der Waals surface area contributed by atoms with E-state index in [1.165, 1.54) is 18.1 Å². The molecule has 152 valence electrons. The van der Waals surface area contributed by atoms with Crippen LogP contribution in [0.2, 0.25) is 0 Å². The lowest BCUT2D eigenvalue weighted by Crippen LogP contribution is -2.49. The summed E-state index contributed by atoms with van der Waals surface area (Å²) in [6.07, 6.45) is 5.19. The Labute approximate surface area is 173 Å². The van der Waals surface area contributed by atoms with Gasteiger partial charge in [-0.15, -0.1) is 0 Å². The molecule has 4 rings (SSSR count). The lowest BCUT2D eigenvalue weighted by molar-refractivity contribution is 0.0914. The van der Waals surface area contributed by atoms with E-state index >= 15 is 0 Å². The highest BCUT2D eigenvalue weighted by molar-refractivity contribution is 6.08. The van der Waals surface area contributed by atoms with E-state index in [1.807, 2.05) is 25.1 Å². The smallest absolute Gasteiger partial charge is 0.191 e. The van der Waals surface area contributed by atoms with Gasteiger partial charge < -0.3 is 15.4 Å². The maximum absolute atomic E-state index is 13.9. The van der Waals surface area contributed by atoms with E-state index < -0.39 is 5.54 Å². The van der Waals surface area contributed by atoms with Crippen molar-refractivity contribution in [3.8, 4) is 17.5 Å². The summed E-state index contributed by atoms with van der Waals surface area (Å²) in [5.74, 6) is 0.558. The van der Waals surface area contributed by atoms with E-state index in [0.717, 1.165) is 0 Å². The standard InChI is InChI=1S/C21H21N7O2/c1-14-11-21(13-24-14,27-20-18(30-2)15(12-22)7-8-23-20)19(29)16-5-3-4-6-17(16)28-25-9-10-26-28/h3-10,14,24H,11,13H2,1-2H3,(H,23,27)/t14-,21-/m1/s1. The van der Waals surface area contributed by atoms with Crippen LogP contribution >= 0.6 is 0 Å². The van der Waals surface area contributed by atoms with Crippen molar-refractivity contribution in [1.29, 1.82) is 5.26 Å². The average Bonchev–Trinajstić information content (AvgIpc) is 3.43. The van der Waals surface area contributed by atoms with Crippen molar-refractivity contribution >= 4 is 11.6 Å². The van der Waals surface area contributed by atoms with E-state index in [4.69, 9.17) is 4.74 Å². The number of rotatable bonds is 6. The minimum absolute atomic E-state index is 0.113. The molecule has 1 fully saturated rings. The third-order valence-electron chi connectivity index (χ3n) is 5.21. The van der Waals surface area contributed by atoms with E-state index in [0.29, 0.717) is 41.3 Å². The monoisotopic (exact) mass is 403 g/mol. The molecule has 1 aromatic carbocycles. The lowest BCUT2D eigenvalue weighted by atomic mass is 9.86. The van der Waals surface area contributed by atoms with Crippen molar-refractivity contribution in [3.05, 3.63) is 60.0 Å². The lowest BCUT2D eigenvalue weighted by Gasteiger charge is -2.30. The van der Waals surface area contributed by atoms with Gasteiger partial charge in [0.15, 0.2) is 17.4 Å². The van der Waals surface area contributed by atoms with Gasteiger partial charge in [0.2, 0.25) is 0 Å². The van der Waals surface area contributed by atoms with Gasteiger partial charge in [0.05, 0.1) is 30.8 Å². The molecule has 0 aliphatic carbocycles. The highest BCUT2D eigenvalue weighted by Crippen LogP contribution is 2.34. The molecule has 9 nitrogen and oxygen atoms in total. The van der Waals surface area contributed by atoms with Gasteiger partial charge in [0.1, 0.15) is 11.6 Å². The minimum atomic E-state index is -0.975. The predicted octanol–water partition coefficient (Wildman–Crippen LogP) is 1.96. The summed E-state index contributed by atoms with van der Waals surface area (Å²) in [6.45, 7) is 2.42. The number of nitrogens with zero attached hydrogens (tertiary/aromatic N) is 5. The first-order valence-corrected chi connectivity index (χ1v) is 9.53. The van der Waals surface area contributed by atoms with Crippen LogP contribution in [-0.2, 0) is 0 Å². The molecular weight excluding hydrogens is 382 g/mol. The number of aromatic nitrogens is 4. The second-order valence-corrected chi connectivity index (χ2v) is 7.21. The number of nitriles is 1. The number of para-hydroxylation sites is 1. The van der Waals surface area contributed by atoms with Crippen LogP contribution in [0.25, 0.3) is 5.69 Å². The molecule has 2 atom stereocenters. The van der Waals surface area contributed by atoms with Gasteiger partial charge in [0, 0.05) is 24.3 Å². The average molecular weight is 403 g/mol. The van der Waals surface area contributed by atoms with Gasteiger partial charge in [0.25, 0.3) is 0 Å². The van der Waals surface area contributed by atoms with Gasteiger partial charge in [-0.05, 0) is 31.5 Å². The highest BCUT2D eigenvalue weighted by atomic mass is 16.5. The van der Waals surface area contributed by atoms with E-state index in [1.54, 1.807) is 24.5 Å². The molecule has 9 heteroatoms. The SMILES string of the molecule is COc1c(C#N)ccnc1N[C@@]1(C(=O)c2ccccc2-n2nccn2)CN[C@H](C)C1. The number of anilines is 1. The van der Waals surface area contributed by atoms with Crippen LogP contribution < -0.4 is 15.4 Å². The normalized spacial score (nSPS) is 20.5. The number of benzene rings is 1. The molecule has 30 heavy (non-hydrogen) atoms. The van der Waals surface area contributed by atoms with Crippen molar-refractivity contribution in [2.24, 2.45) is 0 Å². The predicted molar refractivity (Wildman–Crippen MR) is 110 cm³/mol. The van der Waals surface area contributed by atoms with Gasteiger partial charge in [-0.3, -0.25) is 4.79 Å². The van der Waals surface area contributed by atoms with Crippen molar-refractivity contribution in [3.63, 3.8) is 0 Å². The molecule has 0 radical (unpaired) electrons. The van der Waals surface area contributed by atoms with Crippen molar-refractivity contribution in [2.45, 2.75) is 24.9 Å². The summed E-state index contributed by atoms with van der Waals surface area (Å²) < 4.78 is 5.41. The van der Waals surface area contributed by atoms with E-state index in [9.17, 15) is 10.1 Å². The van der Waals surface area contributed by atoms with Crippen LogP contribution in [0.15, 0.2) is 48.9 Å². The first-order chi connectivity index (χ1) is 14.6. The maximum atomic E-state index is 13.9. The third kappa shape index (κ3) is 3.38. The largest absolute Gasteiger partial charge is 0.492 e. The van der Waals surface area contributed by atoms with Crippen LogP contribution in [0.4, 0.5) is 5.82 Å². The molecule has 2 N–H and O–H groups in total. The number of nitrogens with one attached hydrogen (secondary N) is 2. The Morgan fingerprint density at radius 2 is 2.07 bits per heavy atom. The minimum Gasteiger partial charge on any atom is -0.492 e. The van der Waals surface area contributed by atoms with Crippen molar-refractivity contribution in [1.82, 2.24) is 25.3 Å². The van der Waals surface area contributed by atoms with Crippen LogP contribution in [0, 0.1) is 11.3 Å². The number of ether oxygens (including phenoxy) is 1. The number of ketones is 1. The van der Waals surface area contributed by atoms with E-state index in [2.05, 4.69) is 31.9 Å². The number of Topliss-reactive ketones (excluding diaryl/α,β-unsaturated/α-hetero) is 1. The Kier molecular flexibility index (Phi) is 5.16. The fraction of sp³-hybridized carbons (Fsp3) is 0.286. The summed E-state index contributed by atoms with van der Waals surface area (Å²) in [5, 5.41) is 24.4. The molecule has 0 spiro atoms. The molecule has 3 heterocycles. The molecule has 1 aliphatic rings. The number of pyridine rings is 1. The second kappa shape index (κ2) is 7.93. The van der Waals surface area contributed by atoms with Gasteiger partial charge >= 0.3 is 0 Å². The zero-order valence-electron chi connectivity index (χ0n) is 16.7. The van der Waals surface area contributed by atoms with Gasteiger partial charge in [-0.2, -0.15) is 20.3 Å². The summed E-state index contributed by atoms with van der Waals surface area (Å²) in [5.41, 5.74) is 0.459. The summed E-state index contributed by atoms with van der Waals surface area (Å²) >= 11 is 0. The molecule has 3 aromatic rings. The Balaban J connectivity index is 1.79. The van der Waals surface area contributed by atoms with Crippen LogP contribution in [0.1, 0.15) is 29.3 Å². The van der Waals surface area contributed by atoms with Crippen LogP contribution in [0.3, 0.4) is 0 Å². The van der Waals surface area contributed by atoms with Crippen LogP contribution in [-0.4, -0.2) is 51.0 Å². The van der Waals surface area contributed by atoms with Crippen molar-refractivity contribution in [2.75, 3.05) is 19.0 Å². The van der Waals surface area contributed by atoms with Gasteiger partial charge in [-0.25, -0.2) is 4.98 Å². The topological polar surface area (TPSA) is 118 Å². The fourth-order valence-corrected chi connectivity index (χ4v) is 3.84. The third-order valence-corrected chi connectivity index (χ3v) is 5.21. The number of hydrogen-bond donors (Lipinski definition) is 2. The quantitative estimate of drug-likeness (QED) is 0.600. The summed E-state index contributed by atoms with van der Waals surface area (Å²) in [7, 11) is 1.48. The second-order valence-electron chi connectivity index (χ2n) is 7.21. The Bertz CT molecular complexity index is 1110. The van der Waals surface area contributed by atoms with E-state index in [-0.39, 0.29) is 11.8 Å². The molecule has 1 aliphatic heterocycles. The maximum Gasteiger partial charge on any atom is 0.191 e. The first kappa shape index (κ1) is 19.5. The molecule has 0 amide bonds. The number of carbonyl (C=O) groups is 1. The number of methoxy groups -OCH3 is 1. The Morgan fingerprint density at radius 1 is 1.30 bits per heavy atom. The molecular formula is C21H21N7O2. The van der Waals surface area contributed by atoms with Gasteiger partial charge in [-0.1, -0.05) is 12.1 Å². The van der Waals surface area contributed by atoms with Crippen molar-refractivity contribution < 1.29 is 9.53 Å². The zero-order chi connectivity index (χ0) is 21.1. The zero-order valence-corrected chi connectivity index (χ0v) is 16.7. The molecule has 0 bridgehead atoms. The molecule has 1 saturated heterocycles. The number of carbonyl (C=O) groups excluding carboxylic acids is 1. The summed E-state index contributed by atoms with van der Waals surface area (Å²) in [4.78, 5) is 19.7. The Hall–Kier alpha value is -3.77.